The van der Waals surface area contributed by atoms with Crippen LogP contribution in [-0.4, -0.2) is 11.7 Å². The lowest BCUT2D eigenvalue weighted by atomic mass is 9.70. The molecule has 1 aromatic carbocycles. The summed E-state index contributed by atoms with van der Waals surface area (Å²) in [4.78, 5) is 0. The Kier molecular flexibility index (Phi) is 3.06. The molecule has 3 rings (SSSR count). The third kappa shape index (κ3) is 1.74. The van der Waals surface area contributed by atoms with Crippen molar-refractivity contribution in [1.82, 2.24) is 0 Å². The van der Waals surface area contributed by atoms with Gasteiger partial charge < -0.3 is 9.84 Å². The van der Waals surface area contributed by atoms with Gasteiger partial charge in [-0.05, 0) is 24.3 Å². The van der Waals surface area contributed by atoms with E-state index in [-0.39, 0.29) is 0 Å². The quantitative estimate of drug-likeness (QED) is 0.866. The molecule has 1 aliphatic carbocycles. The summed E-state index contributed by atoms with van der Waals surface area (Å²) >= 11 is 0. The van der Waals surface area contributed by atoms with E-state index in [2.05, 4.69) is 25.1 Å². The highest BCUT2D eigenvalue weighted by atomic mass is 16.5. The van der Waals surface area contributed by atoms with Crippen LogP contribution in [0.2, 0.25) is 0 Å². The molecule has 1 aliphatic heterocycles. The number of aliphatic hydroxyl groups is 1. The zero-order valence-electron chi connectivity index (χ0n) is 11.1. The highest BCUT2D eigenvalue weighted by molar-refractivity contribution is 5.47. The van der Waals surface area contributed by atoms with E-state index in [1.807, 2.05) is 0 Å². The van der Waals surface area contributed by atoms with Gasteiger partial charge in [-0.1, -0.05) is 44.4 Å². The molecule has 0 bridgehead atoms. The van der Waals surface area contributed by atoms with E-state index < -0.39 is 5.60 Å². The van der Waals surface area contributed by atoms with Crippen molar-refractivity contribution in [1.29, 1.82) is 0 Å². The van der Waals surface area contributed by atoms with Gasteiger partial charge in [0.05, 0.1) is 12.2 Å². The zero-order chi connectivity index (χ0) is 12.6. The number of fused-ring (bicyclic) bond motifs is 1. The second-order valence-electron chi connectivity index (χ2n) is 5.67. The van der Waals surface area contributed by atoms with Gasteiger partial charge in [-0.3, -0.25) is 0 Å². The van der Waals surface area contributed by atoms with Crippen molar-refractivity contribution in [3.63, 3.8) is 0 Å². The molecule has 0 radical (unpaired) electrons. The average molecular weight is 246 g/mol. The topological polar surface area (TPSA) is 29.5 Å². The van der Waals surface area contributed by atoms with Crippen LogP contribution in [-0.2, 0) is 12.0 Å². The number of benzene rings is 1. The number of hydrogen-bond acceptors (Lipinski definition) is 2. The minimum Gasteiger partial charge on any atom is -0.493 e. The van der Waals surface area contributed by atoms with E-state index in [1.165, 1.54) is 12.0 Å². The van der Waals surface area contributed by atoms with E-state index in [4.69, 9.17) is 4.74 Å². The predicted octanol–water partition coefficient (Wildman–Crippen LogP) is 3.41. The van der Waals surface area contributed by atoms with E-state index in [0.29, 0.717) is 5.92 Å². The first-order valence-electron chi connectivity index (χ1n) is 7.23. The first kappa shape index (κ1) is 12.0. The normalized spacial score (nSPS) is 30.9. The van der Waals surface area contributed by atoms with Crippen LogP contribution in [0.1, 0.15) is 50.2 Å². The van der Waals surface area contributed by atoms with Gasteiger partial charge in [0.1, 0.15) is 5.75 Å². The standard InChI is InChI=1S/C16H22O2/c1-2-13-7-3-4-10-16(13,17)14-8-5-6-12-9-11-18-15(12)14/h5-6,8,13,17H,2-4,7,9-11H2,1H3. The molecule has 0 spiro atoms. The van der Waals surface area contributed by atoms with Crippen LogP contribution in [0.25, 0.3) is 0 Å². The zero-order valence-corrected chi connectivity index (χ0v) is 11.1. The Hall–Kier alpha value is -1.02. The summed E-state index contributed by atoms with van der Waals surface area (Å²) in [5.41, 5.74) is 1.65. The fraction of sp³-hybridized carbons (Fsp3) is 0.625. The van der Waals surface area contributed by atoms with Crippen LogP contribution < -0.4 is 4.74 Å². The van der Waals surface area contributed by atoms with Crippen LogP contribution in [0.5, 0.6) is 5.75 Å². The Labute approximate surface area is 109 Å². The summed E-state index contributed by atoms with van der Waals surface area (Å²) < 4.78 is 5.78. The van der Waals surface area contributed by atoms with E-state index in [1.54, 1.807) is 0 Å². The third-order valence-corrected chi connectivity index (χ3v) is 4.71. The largest absolute Gasteiger partial charge is 0.493 e. The second kappa shape index (κ2) is 4.58. The van der Waals surface area contributed by atoms with Crippen molar-refractivity contribution in [2.75, 3.05) is 6.61 Å². The van der Waals surface area contributed by atoms with Gasteiger partial charge in [-0.25, -0.2) is 0 Å². The summed E-state index contributed by atoms with van der Waals surface area (Å²) in [7, 11) is 0. The second-order valence-corrected chi connectivity index (χ2v) is 5.67. The lowest BCUT2D eigenvalue weighted by Gasteiger charge is -2.40. The fourth-order valence-electron chi connectivity index (χ4n) is 3.68. The first-order chi connectivity index (χ1) is 8.75. The van der Waals surface area contributed by atoms with Crippen LogP contribution in [0.3, 0.4) is 0 Å². The van der Waals surface area contributed by atoms with E-state index >= 15 is 0 Å². The molecule has 0 amide bonds. The maximum absolute atomic E-state index is 11.2. The minimum atomic E-state index is -0.664. The summed E-state index contributed by atoms with van der Waals surface area (Å²) in [6.07, 6.45) is 6.41. The van der Waals surface area contributed by atoms with Crippen LogP contribution in [0.15, 0.2) is 18.2 Å². The van der Waals surface area contributed by atoms with Crippen LogP contribution >= 0.6 is 0 Å². The highest BCUT2D eigenvalue weighted by Crippen LogP contribution is 2.48. The van der Waals surface area contributed by atoms with Crippen molar-refractivity contribution in [2.45, 2.75) is 51.0 Å². The summed E-state index contributed by atoms with van der Waals surface area (Å²) in [6.45, 7) is 2.95. The summed E-state index contributed by atoms with van der Waals surface area (Å²) in [5, 5.41) is 11.2. The molecular weight excluding hydrogens is 224 g/mol. The van der Waals surface area contributed by atoms with Gasteiger partial charge in [0.2, 0.25) is 0 Å². The molecule has 0 aromatic heterocycles. The van der Waals surface area contributed by atoms with Crippen molar-refractivity contribution < 1.29 is 9.84 Å². The van der Waals surface area contributed by atoms with Gasteiger partial charge in [0, 0.05) is 12.0 Å². The van der Waals surface area contributed by atoms with Gasteiger partial charge in [-0.15, -0.1) is 0 Å². The summed E-state index contributed by atoms with van der Waals surface area (Å²) in [6, 6.07) is 6.26. The molecule has 18 heavy (non-hydrogen) atoms. The molecule has 2 heteroatoms. The lowest BCUT2D eigenvalue weighted by molar-refractivity contribution is -0.0572. The Balaban J connectivity index is 2.05. The molecule has 1 saturated carbocycles. The third-order valence-electron chi connectivity index (χ3n) is 4.71. The molecule has 0 saturated heterocycles. The molecular formula is C16H22O2. The number of ether oxygens (including phenoxy) is 1. The SMILES string of the molecule is CCC1CCCCC1(O)c1cccc2c1OCC2. The maximum atomic E-state index is 11.2. The van der Waals surface area contributed by atoms with Crippen molar-refractivity contribution in [3.8, 4) is 5.75 Å². The molecule has 1 N–H and O–H groups in total. The van der Waals surface area contributed by atoms with Crippen molar-refractivity contribution in [2.24, 2.45) is 5.92 Å². The molecule has 1 fully saturated rings. The lowest BCUT2D eigenvalue weighted by Crippen LogP contribution is -2.38. The first-order valence-corrected chi connectivity index (χ1v) is 7.23. The van der Waals surface area contributed by atoms with Crippen LogP contribution in [0, 0.1) is 5.92 Å². The smallest absolute Gasteiger partial charge is 0.128 e. The average Bonchev–Trinajstić information content (AvgIpc) is 2.87. The number of rotatable bonds is 2. The monoisotopic (exact) mass is 246 g/mol. The van der Waals surface area contributed by atoms with Crippen molar-refractivity contribution >= 4 is 0 Å². The van der Waals surface area contributed by atoms with E-state index in [9.17, 15) is 5.11 Å². The maximum Gasteiger partial charge on any atom is 0.128 e. The van der Waals surface area contributed by atoms with Gasteiger partial charge in [0.25, 0.3) is 0 Å². The Morgan fingerprint density at radius 3 is 3.11 bits per heavy atom. The van der Waals surface area contributed by atoms with Crippen molar-refractivity contribution in [3.05, 3.63) is 29.3 Å². The predicted molar refractivity (Wildman–Crippen MR) is 71.8 cm³/mol. The molecule has 2 nitrogen and oxygen atoms in total. The molecule has 2 atom stereocenters. The molecule has 2 unspecified atom stereocenters. The van der Waals surface area contributed by atoms with Gasteiger partial charge >= 0.3 is 0 Å². The Morgan fingerprint density at radius 2 is 2.28 bits per heavy atom. The molecule has 98 valence electrons. The fourth-order valence-corrected chi connectivity index (χ4v) is 3.68. The molecule has 2 aliphatic rings. The van der Waals surface area contributed by atoms with Gasteiger partial charge in [-0.2, -0.15) is 0 Å². The molecule has 1 heterocycles. The Bertz CT molecular complexity index is 441. The minimum absolute atomic E-state index is 0.377. The molecule has 1 aromatic rings. The Morgan fingerprint density at radius 1 is 1.39 bits per heavy atom. The number of hydrogen-bond donors (Lipinski definition) is 1. The van der Waals surface area contributed by atoms with E-state index in [0.717, 1.165) is 50.0 Å². The summed E-state index contributed by atoms with van der Waals surface area (Å²) in [5.74, 6) is 1.35. The van der Waals surface area contributed by atoms with Crippen LogP contribution in [0.4, 0.5) is 0 Å². The van der Waals surface area contributed by atoms with Gasteiger partial charge in [0.15, 0.2) is 0 Å². The highest BCUT2D eigenvalue weighted by Gasteiger charge is 2.42. The number of para-hydroxylation sites is 1.